The maximum absolute atomic E-state index is 10.7. The first-order chi connectivity index (χ1) is 5.20. The molecular weight excluding hydrogens is 146 g/mol. The van der Waals surface area contributed by atoms with Gasteiger partial charge in [0.15, 0.2) is 5.78 Å². The van der Waals surface area contributed by atoms with Crippen molar-refractivity contribution in [1.29, 1.82) is 0 Å². The maximum Gasteiger partial charge on any atom is 0.413 e. The van der Waals surface area contributed by atoms with Crippen molar-refractivity contribution in [3.63, 3.8) is 0 Å². The normalized spacial score (nSPS) is 17.5. The summed E-state index contributed by atoms with van der Waals surface area (Å²) >= 11 is 0. The number of hydrogen-bond acceptors (Lipinski definition) is 3. The molecule has 0 aliphatic carbocycles. The fourth-order valence-electron chi connectivity index (χ4n) is 0.736. The molecule has 1 rings (SSSR count). The Bertz CT molecular complexity index is 210. The lowest BCUT2D eigenvalue weighted by atomic mass is 10.4. The zero-order valence-corrected chi connectivity index (χ0v) is 6.24. The number of nitrogens with zero attached hydrogens (tertiary/aromatic N) is 1. The second-order valence-electron chi connectivity index (χ2n) is 2.23. The van der Waals surface area contributed by atoms with E-state index in [4.69, 9.17) is 0 Å². The number of rotatable bonds is 2. The van der Waals surface area contributed by atoms with E-state index in [1.54, 1.807) is 0 Å². The molecule has 4 heteroatoms. The predicted octanol–water partition coefficient (Wildman–Crippen LogP) is 0.541. The van der Waals surface area contributed by atoms with E-state index in [-0.39, 0.29) is 11.9 Å². The Balaban J connectivity index is 2.48. The van der Waals surface area contributed by atoms with Crippen LogP contribution in [0.5, 0.6) is 0 Å². The summed E-state index contributed by atoms with van der Waals surface area (Å²) in [5, 5.41) is 0. The van der Waals surface area contributed by atoms with Crippen LogP contribution in [0.3, 0.4) is 0 Å². The summed E-state index contributed by atoms with van der Waals surface area (Å²) in [6.45, 7) is 2.36. The second-order valence-corrected chi connectivity index (χ2v) is 2.23. The molecule has 0 aromatic heterocycles. The third-order valence-corrected chi connectivity index (χ3v) is 1.28. The van der Waals surface area contributed by atoms with Crippen LogP contribution >= 0.6 is 0 Å². The number of carbonyl (C=O) groups excluding carboxylic acids is 2. The van der Waals surface area contributed by atoms with Crippen molar-refractivity contribution in [1.82, 2.24) is 4.90 Å². The third kappa shape index (κ3) is 2.07. The van der Waals surface area contributed by atoms with Crippen LogP contribution in [-0.4, -0.2) is 29.9 Å². The molecule has 0 bridgehead atoms. The Hall–Kier alpha value is -1.32. The lowest BCUT2D eigenvalue weighted by molar-refractivity contribution is -0.112. The number of amides is 1. The summed E-state index contributed by atoms with van der Waals surface area (Å²) in [4.78, 5) is 22.5. The van der Waals surface area contributed by atoms with Crippen LogP contribution in [0.1, 0.15) is 6.92 Å². The Labute approximate surface area is 64.4 Å². The molecule has 0 aromatic carbocycles. The van der Waals surface area contributed by atoms with Crippen LogP contribution in [0.4, 0.5) is 4.79 Å². The van der Waals surface area contributed by atoms with Gasteiger partial charge in [0.1, 0.15) is 6.61 Å². The molecule has 0 aromatic rings. The number of cyclic esters (lactones) is 1. The van der Waals surface area contributed by atoms with Crippen LogP contribution in [0, 0.1) is 0 Å². The van der Waals surface area contributed by atoms with Gasteiger partial charge in [-0.25, -0.2) is 4.79 Å². The summed E-state index contributed by atoms with van der Waals surface area (Å²) in [5.74, 6) is -0.0790. The van der Waals surface area contributed by atoms with Crippen molar-refractivity contribution in [2.24, 2.45) is 0 Å². The molecule has 0 spiro atoms. The molecule has 1 aliphatic heterocycles. The minimum atomic E-state index is -0.387. The first-order valence-electron chi connectivity index (χ1n) is 3.32. The summed E-state index contributed by atoms with van der Waals surface area (Å²) < 4.78 is 4.62. The molecule has 0 saturated carbocycles. The number of ether oxygens (including phenoxy) is 1. The smallest absolute Gasteiger partial charge is 0.413 e. The fourth-order valence-corrected chi connectivity index (χ4v) is 0.736. The average molecular weight is 155 g/mol. The van der Waals surface area contributed by atoms with Gasteiger partial charge in [-0.05, 0) is 13.0 Å². The van der Waals surface area contributed by atoms with Crippen LogP contribution in [-0.2, 0) is 9.53 Å². The van der Waals surface area contributed by atoms with Crippen molar-refractivity contribution < 1.29 is 14.3 Å². The Morgan fingerprint density at radius 3 is 2.91 bits per heavy atom. The Morgan fingerprint density at radius 1 is 1.73 bits per heavy atom. The van der Waals surface area contributed by atoms with Gasteiger partial charge in [0.05, 0.1) is 6.54 Å². The van der Waals surface area contributed by atoms with Gasteiger partial charge in [-0.3, -0.25) is 9.69 Å². The van der Waals surface area contributed by atoms with Crippen molar-refractivity contribution in [2.45, 2.75) is 6.92 Å². The largest absolute Gasteiger partial charge is 0.447 e. The molecule has 1 heterocycles. The van der Waals surface area contributed by atoms with Gasteiger partial charge in [0.2, 0.25) is 0 Å². The molecule has 11 heavy (non-hydrogen) atoms. The number of hydrogen-bond donors (Lipinski definition) is 0. The van der Waals surface area contributed by atoms with Gasteiger partial charge in [0, 0.05) is 6.20 Å². The van der Waals surface area contributed by atoms with E-state index < -0.39 is 0 Å². The molecule has 1 fully saturated rings. The van der Waals surface area contributed by atoms with Gasteiger partial charge >= 0.3 is 6.09 Å². The van der Waals surface area contributed by atoms with E-state index in [0.29, 0.717) is 13.2 Å². The highest BCUT2D eigenvalue weighted by Crippen LogP contribution is 2.02. The minimum Gasteiger partial charge on any atom is -0.447 e. The predicted molar refractivity (Wildman–Crippen MR) is 37.9 cm³/mol. The molecule has 1 aliphatic rings. The van der Waals surface area contributed by atoms with Crippen LogP contribution in [0.2, 0.25) is 0 Å². The molecule has 0 unspecified atom stereocenters. The molecule has 0 N–H and O–H groups in total. The number of ketones is 1. The quantitative estimate of drug-likeness (QED) is 0.547. The average Bonchev–Trinajstić information content (AvgIpc) is 2.31. The van der Waals surface area contributed by atoms with Gasteiger partial charge in [0.25, 0.3) is 0 Å². The minimum absolute atomic E-state index is 0.0790. The van der Waals surface area contributed by atoms with Crippen molar-refractivity contribution in [3.05, 3.63) is 12.3 Å². The standard InChI is InChI=1S/C7H9NO3/c1-6(9)2-3-8-4-5-11-7(8)10/h2-3H,4-5H2,1H3/b3-2+. The monoisotopic (exact) mass is 155 g/mol. The van der Waals surface area contributed by atoms with Crippen LogP contribution in [0.25, 0.3) is 0 Å². The van der Waals surface area contributed by atoms with E-state index in [1.807, 2.05) is 0 Å². The topological polar surface area (TPSA) is 46.6 Å². The van der Waals surface area contributed by atoms with Crippen molar-refractivity contribution in [2.75, 3.05) is 13.2 Å². The molecule has 60 valence electrons. The van der Waals surface area contributed by atoms with Crippen LogP contribution in [0.15, 0.2) is 12.3 Å². The zero-order chi connectivity index (χ0) is 8.27. The van der Waals surface area contributed by atoms with E-state index >= 15 is 0 Å². The molecule has 1 saturated heterocycles. The van der Waals surface area contributed by atoms with E-state index in [0.717, 1.165) is 0 Å². The summed E-state index contributed by atoms with van der Waals surface area (Å²) in [6.07, 6.45) is 2.40. The van der Waals surface area contributed by atoms with Gasteiger partial charge < -0.3 is 4.74 Å². The molecule has 4 nitrogen and oxygen atoms in total. The van der Waals surface area contributed by atoms with E-state index in [2.05, 4.69) is 4.74 Å². The summed E-state index contributed by atoms with van der Waals surface area (Å²) in [5.41, 5.74) is 0. The van der Waals surface area contributed by atoms with Gasteiger partial charge in [-0.2, -0.15) is 0 Å². The van der Waals surface area contributed by atoms with Crippen molar-refractivity contribution in [3.8, 4) is 0 Å². The van der Waals surface area contributed by atoms with Gasteiger partial charge in [-0.15, -0.1) is 0 Å². The maximum atomic E-state index is 10.7. The Morgan fingerprint density at radius 2 is 2.45 bits per heavy atom. The second kappa shape index (κ2) is 3.18. The first kappa shape index (κ1) is 7.78. The molecule has 1 amide bonds. The summed E-state index contributed by atoms with van der Waals surface area (Å²) in [7, 11) is 0. The SMILES string of the molecule is CC(=O)/C=C/N1CCOC1=O. The third-order valence-electron chi connectivity index (χ3n) is 1.28. The van der Waals surface area contributed by atoms with Crippen LogP contribution < -0.4 is 0 Å². The molecule has 0 radical (unpaired) electrons. The zero-order valence-electron chi connectivity index (χ0n) is 6.24. The Kier molecular flexibility index (Phi) is 2.25. The highest BCUT2D eigenvalue weighted by atomic mass is 16.6. The van der Waals surface area contributed by atoms with Crippen molar-refractivity contribution >= 4 is 11.9 Å². The number of carbonyl (C=O) groups is 2. The molecule has 0 atom stereocenters. The first-order valence-corrected chi connectivity index (χ1v) is 3.32. The van der Waals surface area contributed by atoms with E-state index in [9.17, 15) is 9.59 Å². The fraction of sp³-hybridized carbons (Fsp3) is 0.429. The molecular formula is C7H9NO3. The highest BCUT2D eigenvalue weighted by Gasteiger charge is 2.18. The lowest BCUT2D eigenvalue weighted by Crippen LogP contribution is -2.17. The summed E-state index contributed by atoms with van der Waals surface area (Å²) in [6, 6.07) is 0. The van der Waals surface area contributed by atoms with Gasteiger partial charge in [-0.1, -0.05) is 0 Å². The lowest BCUT2D eigenvalue weighted by Gasteiger charge is -2.02. The highest BCUT2D eigenvalue weighted by molar-refractivity contribution is 5.87. The van der Waals surface area contributed by atoms with E-state index in [1.165, 1.54) is 24.1 Å². The number of allylic oxidation sites excluding steroid dienone is 1.